The van der Waals surface area contributed by atoms with E-state index >= 15 is 0 Å². The molecule has 0 saturated heterocycles. The molecule has 1 atom stereocenters. The van der Waals surface area contributed by atoms with Gasteiger partial charge in [-0.3, -0.25) is 9.59 Å². The highest BCUT2D eigenvalue weighted by atomic mass is 32.2. The molecule has 1 rings (SSSR count). The van der Waals surface area contributed by atoms with Crippen molar-refractivity contribution in [2.75, 3.05) is 25.7 Å². The zero-order chi connectivity index (χ0) is 17.2. The average Bonchev–Trinajstić information content (AvgIpc) is 2.53. The largest absolute Gasteiger partial charge is 0.493 e. The van der Waals surface area contributed by atoms with Gasteiger partial charge in [-0.25, -0.2) is 0 Å². The molecule has 0 heterocycles. The second-order valence-corrected chi connectivity index (χ2v) is 5.99. The number of aliphatic carboxylic acids is 1. The second kappa shape index (κ2) is 9.99. The van der Waals surface area contributed by atoms with Gasteiger partial charge in [-0.05, 0) is 29.9 Å². The Labute approximate surface area is 140 Å². The Balaban J connectivity index is 2.88. The SMILES string of the molecule is CCCSCC(=O)NC(CC(=O)O)c1ccc(OC)c(OC)c1. The van der Waals surface area contributed by atoms with Crippen LogP contribution in [0, 0.1) is 0 Å². The third kappa shape index (κ3) is 6.40. The molecule has 0 aromatic heterocycles. The summed E-state index contributed by atoms with van der Waals surface area (Å²) in [5.74, 6) is 1.10. The molecule has 0 fully saturated rings. The van der Waals surface area contributed by atoms with Gasteiger partial charge in [0.15, 0.2) is 11.5 Å². The molecule has 2 N–H and O–H groups in total. The maximum atomic E-state index is 12.0. The fourth-order valence-corrected chi connectivity index (χ4v) is 2.74. The lowest BCUT2D eigenvalue weighted by molar-refractivity contribution is -0.137. The van der Waals surface area contributed by atoms with Crippen LogP contribution in [-0.2, 0) is 9.59 Å². The number of carbonyl (C=O) groups excluding carboxylic acids is 1. The molecule has 6 nitrogen and oxygen atoms in total. The van der Waals surface area contributed by atoms with Crippen LogP contribution >= 0.6 is 11.8 Å². The van der Waals surface area contributed by atoms with Crippen LogP contribution < -0.4 is 14.8 Å². The van der Waals surface area contributed by atoms with Gasteiger partial charge < -0.3 is 19.9 Å². The van der Waals surface area contributed by atoms with Crippen LogP contribution in [0.5, 0.6) is 11.5 Å². The molecular formula is C16H23NO5S. The van der Waals surface area contributed by atoms with Crippen LogP contribution in [0.4, 0.5) is 0 Å². The van der Waals surface area contributed by atoms with Crippen molar-refractivity contribution in [3.63, 3.8) is 0 Å². The number of rotatable bonds is 10. The van der Waals surface area contributed by atoms with E-state index in [4.69, 9.17) is 14.6 Å². The van der Waals surface area contributed by atoms with Crippen molar-refractivity contribution < 1.29 is 24.2 Å². The second-order valence-electron chi connectivity index (χ2n) is 4.88. The van der Waals surface area contributed by atoms with Crippen LogP contribution in [0.15, 0.2) is 18.2 Å². The number of amides is 1. The lowest BCUT2D eigenvalue weighted by Gasteiger charge is -2.19. The van der Waals surface area contributed by atoms with Crippen molar-refractivity contribution in [2.45, 2.75) is 25.8 Å². The van der Waals surface area contributed by atoms with Gasteiger partial charge in [0.25, 0.3) is 0 Å². The Bertz CT molecular complexity index is 535. The van der Waals surface area contributed by atoms with E-state index < -0.39 is 12.0 Å². The Morgan fingerprint density at radius 2 is 1.96 bits per heavy atom. The van der Waals surface area contributed by atoms with Crippen LogP contribution in [-0.4, -0.2) is 42.7 Å². The van der Waals surface area contributed by atoms with Gasteiger partial charge in [0.2, 0.25) is 5.91 Å². The van der Waals surface area contributed by atoms with Crippen LogP contribution in [0.3, 0.4) is 0 Å². The molecule has 0 aliphatic heterocycles. The molecule has 128 valence electrons. The van der Waals surface area contributed by atoms with Gasteiger partial charge in [-0.15, -0.1) is 0 Å². The van der Waals surface area contributed by atoms with Crippen molar-refractivity contribution in [2.24, 2.45) is 0 Å². The standard InChI is InChI=1S/C16H23NO5S/c1-4-7-23-10-15(18)17-12(9-16(19)20)11-5-6-13(21-2)14(8-11)22-3/h5-6,8,12H,4,7,9-10H2,1-3H3,(H,17,18)(H,19,20). The summed E-state index contributed by atoms with van der Waals surface area (Å²) in [4.78, 5) is 23.1. The summed E-state index contributed by atoms with van der Waals surface area (Å²) < 4.78 is 10.4. The first-order chi connectivity index (χ1) is 11.0. The zero-order valence-corrected chi connectivity index (χ0v) is 14.4. The third-order valence-corrected chi connectivity index (χ3v) is 4.27. The molecule has 1 unspecified atom stereocenters. The van der Waals surface area contributed by atoms with E-state index in [1.165, 1.54) is 26.0 Å². The maximum absolute atomic E-state index is 12.0. The molecule has 23 heavy (non-hydrogen) atoms. The first kappa shape index (κ1) is 19.2. The Morgan fingerprint density at radius 1 is 1.26 bits per heavy atom. The molecule has 1 amide bonds. The summed E-state index contributed by atoms with van der Waals surface area (Å²) in [6, 6.07) is 4.50. The van der Waals surface area contributed by atoms with Crippen molar-refractivity contribution in [3.05, 3.63) is 23.8 Å². The highest BCUT2D eigenvalue weighted by molar-refractivity contribution is 7.99. The minimum atomic E-state index is -0.980. The number of nitrogens with one attached hydrogen (secondary N) is 1. The van der Waals surface area contributed by atoms with Crippen molar-refractivity contribution >= 4 is 23.6 Å². The molecule has 0 aliphatic carbocycles. The monoisotopic (exact) mass is 341 g/mol. The van der Waals surface area contributed by atoms with E-state index in [0.29, 0.717) is 22.8 Å². The molecule has 7 heteroatoms. The molecule has 1 aromatic carbocycles. The zero-order valence-electron chi connectivity index (χ0n) is 13.6. The minimum absolute atomic E-state index is 0.176. The first-order valence-electron chi connectivity index (χ1n) is 7.32. The first-order valence-corrected chi connectivity index (χ1v) is 8.48. The van der Waals surface area contributed by atoms with Crippen molar-refractivity contribution in [3.8, 4) is 11.5 Å². The number of carboxylic acid groups (broad SMARTS) is 1. The lowest BCUT2D eigenvalue weighted by atomic mass is 10.0. The molecular weight excluding hydrogens is 318 g/mol. The highest BCUT2D eigenvalue weighted by Crippen LogP contribution is 2.31. The van der Waals surface area contributed by atoms with Crippen LogP contribution in [0.1, 0.15) is 31.4 Å². The topological polar surface area (TPSA) is 84.9 Å². The minimum Gasteiger partial charge on any atom is -0.493 e. The van der Waals surface area contributed by atoms with Crippen LogP contribution in [0.25, 0.3) is 0 Å². The van der Waals surface area contributed by atoms with E-state index in [1.807, 2.05) is 6.92 Å². The molecule has 0 aliphatic rings. The number of thioether (sulfide) groups is 1. The normalized spacial score (nSPS) is 11.6. The molecule has 0 bridgehead atoms. The smallest absolute Gasteiger partial charge is 0.305 e. The number of ether oxygens (including phenoxy) is 2. The van der Waals surface area contributed by atoms with Gasteiger partial charge in [-0.2, -0.15) is 11.8 Å². The summed E-state index contributed by atoms with van der Waals surface area (Å²) >= 11 is 1.53. The molecule has 0 spiro atoms. The summed E-state index contributed by atoms with van der Waals surface area (Å²) in [7, 11) is 3.03. The number of hydrogen-bond acceptors (Lipinski definition) is 5. The van der Waals surface area contributed by atoms with Gasteiger partial charge in [0.05, 0.1) is 32.4 Å². The van der Waals surface area contributed by atoms with Gasteiger partial charge >= 0.3 is 5.97 Å². The summed E-state index contributed by atoms with van der Waals surface area (Å²) in [5.41, 5.74) is 0.666. The number of benzene rings is 1. The van der Waals surface area contributed by atoms with Gasteiger partial charge in [-0.1, -0.05) is 13.0 Å². The summed E-state index contributed by atoms with van der Waals surface area (Å²) in [6.45, 7) is 2.04. The fourth-order valence-electron chi connectivity index (χ4n) is 2.04. The summed E-state index contributed by atoms with van der Waals surface area (Å²) in [6.07, 6.45) is 0.797. The number of hydrogen-bond donors (Lipinski definition) is 2. The number of carboxylic acids is 1. The van der Waals surface area contributed by atoms with E-state index in [9.17, 15) is 9.59 Å². The number of methoxy groups -OCH3 is 2. The quantitative estimate of drug-likeness (QED) is 0.636. The van der Waals surface area contributed by atoms with E-state index in [0.717, 1.165) is 12.2 Å². The molecule has 0 saturated carbocycles. The fraction of sp³-hybridized carbons (Fsp3) is 0.500. The predicted molar refractivity (Wildman–Crippen MR) is 90.3 cm³/mol. The van der Waals surface area contributed by atoms with Gasteiger partial charge in [0, 0.05) is 0 Å². The maximum Gasteiger partial charge on any atom is 0.305 e. The van der Waals surface area contributed by atoms with Crippen LogP contribution in [0.2, 0.25) is 0 Å². The van der Waals surface area contributed by atoms with E-state index in [1.54, 1.807) is 18.2 Å². The Kier molecular flexibility index (Phi) is 8.32. The number of carbonyl (C=O) groups is 2. The molecule has 1 aromatic rings. The van der Waals surface area contributed by atoms with Crippen molar-refractivity contribution in [1.82, 2.24) is 5.32 Å². The highest BCUT2D eigenvalue weighted by Gasteiger charge is 2.19. The van der Waals surface area contributed by atoms with E-state index in [-0.39, 0.29) is 12.3 Å². The lowest BCUT2D eigenvalue weighted by Crippen LogP contribution is -2.31. The molecule has 0 radical (unpaired) electrons. The predicted octanol–water partition coefficient (Wildman–Crippen LogP) is 2.48. The summed E-state index contributed by atoms with van der Waals surface area (Å²) in [5, 5.41) is 11.9. The van der Waals surface area contributed by atoms with Crippen molar-refractivity contribution in [1.29, 1.82) is 0 Å². The Hall–Kier alpha value is -1.89. The van der Waals surface area contributed by atoms with Gasteiger partial charge in [0.1, 0.15) is 0 Å². The Morgan fingerprint density at radius 3 is 2.52 bits per heavy atom. The average molecular weight is 341 g/mol. The van der Waals surface area contributed by atoms with E-state index in [2.05, 4.69) is 5.32 Å². The third-order valence-electron chi connectivity index (χ3n) is 3.11.